The summed E-state index contributed by atoms with van der Waals surface area (Å²) in [4.78, 5) is 40.5. The maximum absolute atomic E-state index is 14.9. The van der Waals surface area contributed by atoms with Crippen molar-refractivity contribution in [3.8, 4) is 22.6 Å². The van der Waals surface area contributed by atoms with Crippen molar-refractivity contribution in [1.82, 2.24) is 15.5 Å². The summed E-state index contributed by atoms with van der Waals surface area (Å²) in [5.74, 6) is -0.592. The van der Waals surface area contributed by atoms with Crippen molar-refractivity contribution < 1.29 is 28.2 Å². The van der Waals surface area contributed by atoms with E-state index in [1.54, 1.807) is 41.3 Å². The number of carbonyl (C=O) groups is 3. The molecule has 0 saturated carbocycles. The van der Waals surface area contributed by atoms with Gasteiger partial charge in [-0.3, -0.25) is 14.4 Å². The molecular weight excluding hydrogens is 513 g/mol. The summed E-state index contributed by atoms with van der Waals surface area (Å²) >= 11 is 0. The summed E-state index contributed by atoms with van der Waals surface area (Å²) in [6, 6.07) is 18.0. The number of fused-ring (bicyclic) bond motifs is 7. The summed E-state index contributed by atoms with van der Waals surface area (Å²) in [6.07, 6.45) is -0.550. The van der Waals surface area contributed by atoms with Gasteiger partial charge in [-0.1, -0.05) is 51.1 Å². The van der Waals surface area contributed by atoms with Gasteiger partial charge < -0.3 is 25.0 Å². The summed E-state index contributed by atoms with van der Waals surface area (Å²) in [5.41, 5.74) is 1.44. The van der Waals surface area contributed by atoms with Crippen LogP contribution in [0.1, 0.15) is 36.7 Å². The van der Waals surface area contributed by atoms with Crippen LogP contribution < -0.4 is 20.1 Å². The average Bonchev–Trinajstić information content (AvgIpc) is 3.32. The van der Waals surface area contributed by atoms with Gasteiger partial charge in [0.15, 0.2) is 6.61 Å². The SMILES string of the molecule is CC(C)(C)C(=O)N1C[C@@H]2NC(=O)c3cc(ccc3F)-c3cccc(c3)OCC(=O)NCc3ccc(cc3)O[C@H]2C1. The number of benzene rings is 3. The first-order valence-corrected chi connectivity index (χ1v) is 13.2. The molecule has 0 aliphatic carbocycles. The molecule has 3 aromatic rings. The Labute approximate surface area is 232 Å². The van der Waals surface area contributed by atoms with Crippen molar-refractivity contribution in [2.75, 3.05) is 19.7 Å². The summed E-state index contributed by atoms with van der Waals surface area (Å²) < 4.78 is 26.8. The number of carbonyl (C=O) groups excluding carboxylic acids is 3. The highest BCUT2D eigenvalue weighted by atomic mass is 19.1. The Bertz CT molecular complexity index is 1430. The van der Waals surface area contributed by atoms with Crippen LogP contribution in [0.4, 0.5) is 4.39 Å². The van der Waals surface area contributed by atoms with Crippen LogP contribution in [-0.4, -0.2) is 54.5 Å². The molecule has 208 valence electrons. The van der Waals surface area contributed by atoms with Crippen LogP contribution in [0.3, 0.4) is 0 Å². The van der Waals surface area contributed by atoms with E-state index in [1.807, 2.05) is 39.0 Å². The maximum Gasteiger partial charge on any atom is 0.258 e. The van der Waals surface area contributed by atoms with Gasteiger partial charge in [0, 0.05) is 18.5 Å². The second kappa shape index (κ2) is 11.0. The van der Waals surface area contributed by atoms with E-state index in [-0.39, 0.29) is 37.1 Å². The van der Waals surface area contributed by atoms with Gasteiger partial charge in [0.05, 0.1) is 18.2 Å². The molecule has 3 heterocycles. The Morgan fingerprint density at radius 1 is 0.950 bits per heavy atom. The number of likely N-dealkylation sites (tertiary alicyclic amines) is 1. The van der Waals surface area contributed by atoms with Gasteiger partial charge in [-0.15, -0.1) is 0 Å². The molecule has 0 aromatic heterocycles. The Hall–Kier alpha value is -4.40. The van der Waals surface area contributed by atoms with Crippen LogP contribution in [0, 0.1) is 11.2 Å². The van der Waals surface area contributed by atoms with Crippen LogP contribution in [-0.2, 0) is 16.1 Å². The molecule has 3 aromatic carbocycles. The van der Waals surface area contributed by atoms with Gasteiger partial charge >= 0.3 is 0 Å². The Morgan fingerprint density at radius 3 is 2.45 bits per heavy atom. The van der Waals surface area contributed by atoms with E-state index in [9.17, 15) is 18.8 Å². The third-order valence-electron chi connectivity index (χ3n) is 6.96. The third-order valence-corrected chi connectivity index (χ3v) is 6.96. The normalized spacial score (nSPS) is 19.6. The molecule has 3 aliphatic heterocycles. The van der Waals surface area contributed by atoms with Crippen molar-refractivity contribution in [2.45, 2.75) is 39.5 Å². The molecule has 2 atom stereocenters. The number of hydrogen-bond acceptors (Lipinski definition) is 5. The number of ether oxygens (including phenoxy) is 2. The number of rotatable bonds is 0. The minimum absolute atomic E-state index is 0.0651. The van der Waals surface area contributed by atoms with Crippen LogP contribution in [0.25, 0.3) is 11.1 Å². The number of halogens is 1. The molecule has 0 spiro atoms. The summed E-state index contributed by atoms with van der Waals surface area (Å²) in [6.45, 7) is 6.17. The molecular formula is C31H32FN3O5. The van der Waals surface area contributed by atoms with Gasteiger partial charge in [0.2, 0.25) is 5.91 Å². The number of hydrogen-bond donors (Lipinski definition) is 2. The molecule has 8 nitrogen and oxygen atoms in total. The first kappa shape index (κ1) is 27.2. The van der Waals surface area contributed by atoms with Crippen LogP contribution in [0.2, 0.25) is 0 Å². The summed E-state index contributed by atoms with van der Waals surface area (Å²) in [7, 11) is 0. The molecule has 40 heavy (non-hydrogen) atoms. The molecule has 6 bridgehead atoms. The molecule has 2 N–H and O–H groups in total. The third kappa shape index (κ3) is 6.09. The lowest BCUT2D eigenvalue weighted by Gasteiger charge is -2.25. The predicted octanol–water partition coefficient (Wildman–Crippen LogP) is 3.94. The molecule has 1 fully saturated rings. The first-order chi connectivity index (χ1) is 19.1. The van der Waals surface area contributed by atoms with Crippen LogP contribution in [0.15, 0.2) is 66.7 Å². The lowest BCUT2D eigenvalue weighted by molar-refractivity contribution is -0.138. The first-order valence-electron chi connectivity index (χ1n) is 13.2. The van der Waals surface area contributed by atoms with Crippen LogP contribution in [0.5, 0.6) is 11.5 Å². The molecule has 3 amide bonds. The van der Waals surface area contributed by atoms with Gasteiger partial charge in [0.25, 0.3) is 11.8 Å². The highest BCUT2D eigenvalue weighted by Crippen LogP contribution is 2.28. The molecule has 0 radical (unpaired) electrons. The van der Waals surface area contributed by atoms with Crippen molar-refractivity contribution in [3.63, 3.8) is 0 Å². The quantitative estimate of drug-likeness (QED) is 0.446. The standard InChI is InChI=1S/C31H32FN3O5/c1-31(2,3)30(38)35-16-26-27(17-35)40-22-10-7-19(8-11-22)15-33-28(36)18-39-23-6-4-5-20(13-23)21-9-12-25(32)24(14-21)29(37)34-26/h4-14,26-27H,15-18H2,1-3H3,(H,33,36)(H,34,37)/t26-,27-/m0/s1. The van der Waals surface area contributed by atoms with E-state index in [2.05, 4.69) is 10.6 Å². The summed E-state index contributed by atoms with van der Waals surface area (Å²) in [5, 5.41) is 5.76. The zero-order valence-corrected chi connectivity index (χ0v) is 22.7. The van der Waals surface area contributed by atoms with E-state index in [1.165, 1.54) is 12.1 Å². The lowest BCUT2D eigenvalue weighted by Crippen LogP contribution is -2.45. The molecule has 0 unspecified atom stereocenters. The van der Waals surface area contributed by atoms with E-state index in [4.69, 9.17) is 9.47 Å². The van der Waals surface area contributed by atoms with E-state index < -0.39 is 29.3 Å². The van der Waals surface area contributed by atoms with Crippen molar-refractivity contribution >= 4 is 17.7 Å². The Balaban J connectivity index is 1.50. The Morgan fingerprint density at radius 2 is 1.70 bits per heavy atom. The van der Waals surface area contributed by atoms with Crippen LogP contribution >= 0.6 is 0 Å². The fourth-order valence-corrected chi connectivity index (χ4v) is 4.82. The lowest BCUT2D eigenvalue weighted by atomic mass is 9.95. The highest BCUT2D eigenvalue weighted by Gasteiger charge is 2.41. The van der Waals surface area contributed by atoms with E-state index in [0.29, 0.717) is 29.2 Å². The molecule has 6 rings (SSSR count). The van der Waals surface area contributed by atoms with Gasteiger partial charge in [-0.05, 0) is 53.1 Å². The molecule has 1 saturated heterocycles. The largest absolute Gasteiger partial charge is 0.486 e. The van der Waals surface area contributed by atoms with Crippen molar-refractivity contribution in [3.05, 3.63) is 83.7 Å². The second-order valence-corrected chi connectivity index (χ2v) is 11.1. The zero-order valence-electron chi connectivity index (χ0n) is 22.7. The average molecular weight is 546 g/mol. The fraction of sp³-hybridized carbons (Fsp3) is 0.323. The van der Waals surface area contributed by atoms with Crippen molar-refractivity contribution in [1.29, 1.82) is 0 Å². The Kier molecular flexibility index (Phi) is 7.47. The van der Waals surface area contributed by atoms with Gasteiger partial charge in [-0.2, -0.15) is 0 Å². The van der Waals surface area contributed by atoms with E-state index in [0.717, 1.165) is 5.56 Å². The predicted molar refractivity (Wildman–Crippen MR) is 147 cm³/mol. The van der Waals surface area contributed by atoms with Gasteiger partial charge in [-0.25, -0.2) is 4.39 Å². The fourth-order valence-electron chi connectivity index (χ4n) is 4.82. The maximum atomic E-state index is 14.9. The monoisotopic (exact) mass is 545 g/mol. The second-order valence-electron chi connectivity index (χ2n) is 11.1. The minimum atomic E-state index is -0.666. The molecule has 3 aliphatic rings. The number of nitrogens with one attached hydrogen (secondary N) is 2. The highest BCUT2D eigenvalue weighted by molar-refractivity contribution is 5.96. The topological polar surface area (TPSA) is 97.0 Å². The van der Waals surface area contributed by atoms with Crippen molar-refractivity contribution in [2.24, 2.45) is 5.41 Å². The minimum Gasteiger partial charge on any atom is -0.486 e. The number of nitrogens with zero attached hydrogens (tertiary/aromatic N) is 1. The van der Waals surface area contributed by atoms with Gasteiger partial charge in [0.1, 0.15) is 23.4 Å². The number of amides is 3. The zero-order chi connectivity index (χ0) is 28.4. The smallest absolute Gasteiger partial charge is 0.258 e. The van der Waals surface area contributed by atoms with E-state index >= 15 is 0 Å². The molecule has 9 heteroatoms.